The van der Waals surface area contributed by atoms with Crippen LogP contribution in [0.5, 0.6) is 0 Å². The van der Waals surface area contributed by atoms with Gasteiger partial charge in [-0.25, -0.2) is 17.2 Å². The second-order valence-corrected chi connectivity index (χ2v) is 9.04. The maximum atomic E-state index is 13.3. The number of hydrogen-bond donors (Lipinski definition) is 1. The van der Waals surface area contributed by atoms with Gasteiger partial charge in [0.25, 0.3) is 10.0 Å². The number of nitrogens with one attached hydrogen (secondary N) is 1. The molecule has 28 heavy (non-hydrogen) atoms. The predicted molar refractivity (Wildman–Crippen MR) is 105 cm³/mol. The number of amides is 1. The van der Waals surface area contributed by atoms with Crippen LogP contribution in [0.25, 0.3) is 0 Å². The van der Waals surface area contributed by atoms with Crippen LogP contribution in [-0.2, 0) is 14.8 Å². The summed E-state index contributed by atoms with van der Waals surface area (Å²) >= 11 is 6.68. The minimum Gasteiger partial charge on any atom is -0.324 e. The molecule has 0 bridgehead atoms. The van der Waals surface area contributed by atoms with Crippen molar-refractivity contribution in [2.75, 3.05) is 16.2 Å². The molecule has 0 atom stereocenters. The molecule has 1 heterocycles. The van der Waals surface area contributed by atoms with Crippen LogP contribution in [0.15, 0.2) is 64.2 Å². The molecular formula is C18H13ClF2N2O3S2. The van der Waals surface area contributed by atoms with Gasteiger partial charge in [0.15, 0.2) is 0 Å². The Balaban J connectivity index is 1.89. The minimum absolute atomic E-state index is 0.0365. The van der Waals surface area contributed by atoms with Crippen molar-refractivity contribution in [3.8, 4) is 0 Å². The second-order valence-electron chi connectivity index (χ2n) is 5.60. The molecule has 0 saturated carbocycles. The van der Waals surface area contributed by atoms with E-state index < -0.39 is 34.1 Å². The number of rotatable bonds is 6. The third-order valence-electron chi connectivity index (χ3n) is 3.64. The normalized spacial score (nSPS) is 11.2. The standard InChI is InChI=1S/C18H13ClF2N2O3S2/c19-15-10-13(5-8-16(15)21)22-17(24)11-23(14-6-3-12(20)4-7-14)28(25,26)18-2-1-9-27-18/h1-10H,11H2,(H,22,24). The topological polar surface area (TPSA) is 66.5 Å². The number of anilines is 2. The highest BCUT2D eigenvalue weighted by Gasteiger charge is 2.28. The Labute approximate surface area is 169 Å². The lowest BCUT2D eigenvalue weighted by molar-refractivity contribution is -0.114. The number of carbonyl (C=O) groups is 1. The molecule has 1 amide bonds. The first-order valence-electron chi connectivity index (χ1n) is 7.84. The zero-order valence-corrected chi connectivity index (χ0v) is 16.5. The first-order valence-corrected chi connectivity index (χ1v) is 10.5. The third kappa shape index (κ3) is 4.49. The molecule has 3 aromatic rings. The highest BCUT2D eigenvalue weighted by molar-refractivity contribution is 7.94. The summed E-state index contributed by atoms with van der Waals surface area (Å²) in [6.07, 6.45) is 0. The van der Waals surface area contributed by atoms with E-state index in [0.717, 1.165) is 33.8 Å². The van der Waals surface area contributed by atoms with Crippen molar-refractivity contribution in [2.45, 2.75) is 4.21 Å². The Morgan fingerprint density at radius 2 is 1.82 bits per heavy atom. The lowest BCUT2D eigenvalue weighted by Crippen LogP contribution is -2.37. The lowest BCUT2D eigenvalue weighted by Gasteiger charge is -2.23. The van der Waals surface area contributed by atoms with Crippen LogP contribution in [0.2, 0.25) is 5.02 Å². The Bertz CT molecular complexity index is 1090. The lowest BCUT2D eigenvalue weighted by atomic mass is 10.3. The molecule has 0 spiro atoms. The van der Waals surface area contributed by atoms with Crippen LogP contribution in [-0.4, -0.2) is 20.9 Å². The molecule has 0 fully saturated rings. The summed E-state index contributed by atoms with van der Waals surface area (Å²) in [5, 5.41) is 3.88. The van der Waals surface area contributed by atoms with Gasteiger partial charge in [0.05, 0.1) is 10.7 Å². The van der Waals surface area contributed by atoms with Crippen molar-refractivity contribution in [1.82, 2.24) is 0 Å². The van der Waals surface area contributed by atoms with E-state index in [0.29, 0.717) is 0 Å². The summed E-state index contributed by atoms with van der Waals surface area (Å²) in [6, 6.07) is 11.3. The van der Waals surface area contributed by atoms with Crippen molar-refractivity contribution in [3.05, 3.63) is 76.6 Å². The molecule has 5 nitrogen and oxygen atoms in total. The predicted octanol–water partition coefficient (Wildman–Crippen LogP) is 4.51. The van der Waals surface area contributed by atoms with Crippen LogP contribution in [0.1, 0.15) is 0 Å². The highest BCUT2D eigenvalue weighted by atomic mass is 35.5. The van der Waals surface area contributed by atoms with Gasteiger partial charge in [-0.2, -0.15) is 0 Å². The molecule has 10 heteroatoms. The Morgan fingerprint density at radius 3 is 2.43 bits per heavy atom. The van der Waals surface area contributed by atoms with E-state index in [1.807, 2.05) is 0 Å². The SMILES string of the molecule is O=C(CN(c1ccc(F)cc1)S(=O)(=O)c1cccs1)Nc1ccc(F)c(Cl)c1. The molecule has 0 aliphatic heterocycles. The summed E-state index contributed by atoms with van der Waals surface area (Å²) in [6.45, 7) is -0.569. The van der Waals surface area contributed by atoms with Gasteiger partial charge in [-0.1, -0.05) is 17.7 Å². The maximum Gasteiger partial charge on any atom is 0.274 e. The van der Waals surface area contributed by atoms with Crippen molar-refractivity contribution < 1.29 is 22.0 Å². The molecular weight excluding hydrogens is 430 g/mol. The second kappa shape index (κ2) is 8.26. The van der Waals surface area contributed by atoms with Gasteiger partial charge in [0.1, 0.15) is 22.4 Å². The monoisotopic (exact) mass is 442 g/mol. The summed E-state index contributed by atoms with van der Waals surface area (Å²) in [7, 11) is -4.04. The van der Waals surface area contributed by atoms with Crippen LogP contribution < -0.4 is 9.62 Å². The highest BCUT2D eigenvalue weighted by Crippen LogP contribution is 2.27. The molecule has 0 saturated heterocycles. The smallest absolute Gasteiger partial charge is 0.274 e. The first kappa shape index (κ1) is 20.2. The fourth-order valence-corrected chi connectivity index (χ4v) is 5.05. The maximum absolute atomic E-state index is 13.3. The minimum atomic E-state index is -4.04. The van der Waals surface area contributed by atoms with Gasteiger partial charge in [-0.3, -0.25) is 9.10 Å². The van der Waals surface area contributed by atoms with Crippen molar-refractivity contribution in [1.29, 1.82) is 0 Å². The Morgan fingerprint density at radius 1 is 1.11 bits per heavy atom. The van der Waals surface area contributed by atoms with E-state index in [9.17, 15) is 22.0 Å². The summed E-state index contributed by atoms with van der Waals surface area (Å²) in [5.74, 6) is -1.86. The summed E-state index contributed by atoms with van der Waals surface area (Å²) in [5.41, 5.74) is 0.339. The van der Waals surface area contributed by atoms with E-state index in [4.69, 9.17) is 11.6 Å². The summed E-state index contributed by atoms with van der Waals surface area (Å²) in [4.78, 5) is 12.5. The van der Waals surface area contributed by atoms with Crippen LogP contribution in [0.3, 0.4) is 0 Å². The molecule has 0 aliphatic carbocycles. The largest absolute Gasteiger partial charge is 0.324 e. The number of nitrogens with zero attached hydrogens (tertiary/aromatic N) is 1. The van der Waals surface area contributed by atoms with Crippen molar-refractivity contribution in [2.24, 2.45) is 0 Å². The molecule has 1 N–H and O–H groups in total. The van der Waals surface area contributed by atoms with Gasteiger partial charge >= 0.3 is 0 Å². The number of benzene rings is 2. The average molecular weight is 443 g/mol. The van der Waals surface area contributed by atoms with Gasteiger partial charge in [0, 0.05) is 5.69 Å². The van der Waals surface area contributed by atoms with E-state index in [2.05, 4.69) is 5.32 Å². The summed E-state index contributed by atoms with van der Waals surface area (Å²) < 4.78 is 53.3. The molecule has 3 rings (SSSR count). The van der Waals surface area contributed by atoms with Crippen molar-refractivity contribution in [3.63, 3.8) is 0 Å². The molecule has 146 valence electrons. The first-order chi connectivity index (χ1) is 13.3. The number of carbonyl (C=O) groups excluding carboxylic acids is 1. The zero-order valence-electron chi connectivity index (χ0n) is 14.1. The number of sulfonamides is 1. The number of thiophene rings is 1. The molecule has 0 unspecified atom stereocenters. The van der Waals surface area contributed by atoms with Gasteiger partial charge in [-0.05, 0) is 53.9 Å². The third-order valence-corrected chi connectivity index (χ3v) is 7.08. The number of hydrogen-bond acceptors (Lipinski definition) is 4. The van der Waals surface area contributed by atoms with Gasteiger partial charge in [-0.15, -0.1) is 11.3 Å². The fourth-order valence-electron chi connectivity index (χ4n) is 2.35. The quantitative estimate of drug-likeness (QED) is 0.610. The molecule has 0 aliphatic rings. The van der Waals surface area contributed by atoms with Crippen LogP contribution >= 0.6 is 22.9 Å². The average Bonchev–Trinajstić information content (AvgIpc) is 3.19. The molecule has 1 aromatic heterocycles. The van der Waals surface area contributed by atoms with Crippen LogP contribution in [0.4, 0.5) is 20.2 Å². The van der Waals surface area contributed by atoms with Crippen molar-refractivity contribution >= 4 is 50.2 Å². The molecule has 0 radical (unpaired) electrons. The van der Waals surface area contributed by atoms with E-state index in [1.54, 1.807) is 11.4 Å². The van der Waals surface area contributed by atoms with E-state index >= 15 is 0 Å². The van der Waals surface area contributed by atoms with Gasteiger partial charge < -0.3 is 5.32 Å². The number of halogens is 3. The zero-order chi connectivity index (χ0) is 20.3. The Hall–Kier alpha value is -2.49. The Kier molecular flexibility index (Phi) is 5.97. The van der Waals surface area contributed by atoms with Gasteiger partial charge in [0.2, 0.25) is 5.91 Å². The molecule has 2 aromatic carbocycles. The van der Waals surface area contributed by atoms with Crippen LogP contribution in [0, 0.1) is 11.6 Å². The van der Waals surface area contributed by atoms with E-state index in [1.165, 1.54) is 30.3 Å². The fraction of sp³-hybridized carbons (Fsp3) is 0.0556. The van der Waals surface area contributed by atoms with E-state index in [-0.39, 0.29) is 20.6 Å².